The van der Waals surface area contributed by atoms with Gasteiger partial charge in [0.1, 0.15) is 17.2 Å². The van der Waals surface area contributed by atoms with E-state index in [1.807, 2.05) is 0 Å². The number of anilines is 1. The number of halogens is 1. The second kappa shape index (κ2) is 8.05. The number of nitrogens with zero attached hydrogens (tertiary/aromatic N) is 4. The third-order valence-electron chi connectivity index (χ3n) is 5.55. The zero-order valence-electron chi connectivity index (χ0n) is 17.8. The maximum absolute atomic E-state index is 13.3. The normalized spacial score (nSPS) is 13.8. The lowest BCUT2D eigenvalue weighted by molar-refractivity contribution is 0.0734. The van der Waals surface area contributed by atoms with Gasteiger partial charge in [-0.3, -0.25) is 4.79 Å². The number of aryl methyl sites for hydroxylation is 1. The first-order valence-corrected chi connectivity index (χ1v) is 10.6. The number of hydrogen-bond acceptors (Lipinski definition) is 4. The number of imidazole rings is 1. The average Bonchev–Trinajstić information content (AvgIpc) is 3.07. The number of aromatic nitrogens is 3. The van der Waals surface area contributed by atoms with Gasteiger partial charge < -0.3 is 15.2 Å². The highest BCUT2D eigenvalue weighted by atomic mass is 19.1. The molecule has 6 nitrogen and oxygen atoms in total. The average molecular weight is 410 g/mol. The summed E-state index contributed by atoms with van der Waals surface area (Å²) in [6.45, 7) is 8.35. The molecular formula is C23H28FN5O. The number of rotatable bonds is 5. The fraction of sp³-hybridized carbons (Fsp3) is 0.435. The van der Waals surface area contributed by atoms with E-state index in [-0.39, 0.29) is 11.7 Å². The molecule has 30 heavy (non-hydrogen) atoms. The van der Waals surface area contributed by atoms with Crippen molar-refractivity contribution >= 4 is 22.8 Å². The van der Waals surface area contributed by atoms with E-state index in [2.05, 4.69) is 30.3 Å². The Hall–Kier alpha value is -2.96. The number of benzene rings is 1. The Morgan fingerprint density at radius 2 is 1.97 bits per heavy atom. The number of pyridine rings is 1. The van der Waals surface area contributed by atoms with Crippen molar-refractivity contribution in [2.24, 2.45) is 5.92 Å². The molecule has 0 fully saturated rings. The first-order chi connectivity index (χ1) is 14.4. The first kappa shape index (κ1) is 20.3. The van der Waals surface area contributed by atoms with Crippen molar-refractivity contribution in [3.05, 3.63) is 52.7 Å². The van der Waals surface area contributed by atoms with Crippen LogP contribution < -0.4 is 5.73 Å². The summed E-state index contributed by atoms with van der Waals surface area (Å²) in [5.74, 6) is 1.47. The Bertz CT molecular complexity index is 1090. The van der Waals surface area contributed by atoms with Gasteiger partial charge >= 0.3 is 0 Å². The SMILES string of the molecule is CCCc1nc2c(N)nc3c(c2n1CC(C)C)CN(C(=O)c1ccc(F)cc1)CC3. The van der Waals surface area contributed by atoms with Crippen LogP contribution in [-0.4, -0.2) is 31.9 Å². The zero-order valence-corrected chi connectivity index (χ0v) is 17.8. The molecule has 0 radical (unpaired) electrons. The van der Waals surface area contributed by atoms with Crippen LogP contribution in [0, 0.1) is 11.7 Å². The molecule has 0 spiro atoms. The van der Waals surface area contributed by atoms with Crippen LogP contribution >= 0.6 is 0 Å². The number of fused-ring (bicyclic) bond motifs is 3. The number of amides is 1. The highest BCUT2D eigenvalue weighted by Gasteiger charge is 2.28. The van der Waals surface area contributed by atoms with Crippen molar-refractivity contribution in [1.82, 2.24) is 19.4 Å². The van der Waals surface area contributed by atoms with Crippen molar-refractivity contribution in [3.63, 3.8) is 0 Å². The Morgan fingerprint density at radius 1 is 1.23 bits per heavy atom. The van der Waals surface area contributed by atoms with Gasteiger partial charge in [0, 0.05) is 43.6 Å². The van der Waals surface area contributed by atoms with Crippen LogP contribution in [0.25, 0.3) is 11.0 Å². The van der Waals surface area contributed by atoms with Crippen LogP contribution in [0.5, 0.6) is 0 Å². The van der Waals surface area contributed by atoms with Gasteiger partial charge in [-0.2, -0.15) is 0 Å². The summed E-state index contributed by atoms with van der Waals surface area (Å²) in [4.78, 5) is 24.3. The largest absolute Gasteiger partial charge is 0.382 e. The van der Waals surface area contributed by atoms with Gasteiger partial charge in [0.2, 0.25) is 0 Å². The first-order valence-electron chi connectivity index (χ1n) is 10.6. The summed E-state index contributed by atoms with van der Waals surface area (Å²) in [6, 6.07) is 5.71. The van der Waals surface area contributed by atoms with Crippen LogP contribution in [0.15, 0.2) is 24.3 Å². The predicted molar refractivity (Wildman–Crippen MR) is 116 cm³/mol. The van der Waals surface area contributed by atoms with E-state index >= 15 is 0 Å². The van der Waals surface area contributed by atoms with E-state index in [1.54, 1.807) is 4.90 Å². The minimum absolute atomic E-state index is 0.102. The summed E-state index contributed by atoms with van der Waals surface area (Å²) in [5.41, 5.74) is 10.5. The van der Waals surface area contributed by atoms with Crippen molar-refractivity contribution in [2.75, 3.05) is 12.3 Å². The molecule has 1 aromatic carbocycles. The molecule has 2 aromatic heterocycles. The van der Waals surface area contributed by atoms with Crippen LogP contribution in [0.1, 0.15) is 54.6 Å². The Kier molecular flexibility index (Phi) is 5.45. The fourth-order valence-corrected chi connectivity index (χ4v) is 4.19. The third kappa shape index (κ3) is 3.64. The van der Waals surface area contributed by atoms with Gasteiger partial charge in [-0.1, -0.05) is 20.8 Å². The lowest BCUT2D eigenvalue weighted by Gasteiger charge is -2.29. The lowest BCUT2D eigenvalue weighted by atomic mass is 10.0. The number of carbonyl (C=O) groups is 1. The molecular weight excluding hydrogens is 381 g/mol. The Balaban J connectivity index is 1.79. The molecule has 4 rings (SSSR count). The van der Waals surface area contributed by atoms with Crippen molar-refractivity contribution < 1.29 is 9.18 Å². The molecule has 158 valence electrons. The summed E-state index contributed by atoms with van der Waals surface area (Å²) in [6.07, 6.45) is 2.50. The molecule has 1 aliphatic rings. The topological polar surface area (TPSA) is 77.0 Å². The van der Waals surface area contributed by atoms with Gasteiger partial charge in [0.25, 0.3) is 5.91 Å². The van der Waals surface area contributed by atoms with E-state index in [4.69, 9.17) is 10.7 Å². The minimum Gasteiger partial charge on any atom is -0.382 e. The second-order valence-corrected chi connectivity index (χ2v) is 8.39. The fourth-order valence-electron chi connectivity index (χ4n) is 4.19. The van der Waals surface area contributed by atoms with E-state index in [9.17, 15) is 9.18 Å². The summed E-state index contributed by atoms with van der Waals surface area (Å²) < 4.78 is 15.5. The monoisotopic (exact) mass is 409 g/mol. The number of hydrogen-bond donors (Lipinski definition) is 1. The highest BCUT2D eigenvalue weighted by Crippen LogP contribution is 2.32. The molecule has 1 aliphatic heterocycles. The molecule has 1 amide bonds. The van der Waals surface area contributed by atoms with Crippen molar-refractivity contribution in [2.45, 2.75) is 53.1 Å². The molecule has 0 unspecified atom stereocenters. The van der Waals surface area contributed by atoms with E-state index in [1.165, 1.54) is 24.3 Å². The number of nitrogens with two attached hydrogens (primary N) is 1. The van der Waals surface area contributed by atoms with Crippen molar-refractivity contribution in [3.8, 4) is 0 Å². The van der Waals surface area contributed by atoms with Gasteiger partial charge in [0.15, 0.2) is 5.82 Å². The van der Waals surface area contributed by atoms with Gasteiger partial charge in [-0.25, -0.2) is 14.4 Å². The highest BCUT2D eigenvalue weighted by molar-refractivity contribution is 5.95. The minimum atomic E-state index is -0.349. The summed E-state index contributed by atoms with van der Waals surface area (Å²) in [5, 5.41) is 0. The van der Waals surface area contributed by atoms with Crippen molar-refractivity contribution in [1.29, 1.82) is 0 Å². The third-order valence-corrected chi connectivity index (χ3v) is 5.55. The second-order valence-electron chi connectivity index (χ2n) is 8.39. The van der Waals surface area contributed by atoms with E-state index in [0.29, 0.717) is 36.8 Å². The van der Waals surface area contributed by atoms with Crippen LogP contribution in [0.3, 0.4) is 0 Å². The molecule has 7 heteroatoms. The van der Waals surface area contributed by atoms with E-state index < -0.39 is 0 Å². The molecule has 2 N–H and O–H groups in total. The van der Waals surface area contributed by atoms with Gasteiger partial charge in [0.05, 0.1) is 11.2 Å². The summed E-state index contributed by atoms with van der Waals surface area (Å²) >= 11 is 0. The maximum atomic E-state index is 13.3. The molecule has 0 aliphatic carbocycles. The zero-order chi connectivity index (χ0) is 21.4. The molecule has 3 aromatic rings. The molecule has 0 atom stereocenters. The molecule has 3 heterocycles. The Labute approximate surface area is 175 Å². The summed E-state index contributed by atoms with van der Waals surface area (Å²) in [7, 11) is 0. The van der Waals surface area contributed by atoms with Gasteiger partial charge in [-0.05, 0) is 36.6 Å². The molecule has 0 bridgehead atoms. The van der Waals surface area contributed by atoms with Crippen LogP contribution in [-0.2, 0) is 25.9 Å². The van der Waals surface area contributed by atoms with Gasteiger partial charge in [-0.15, -0.1) is 0 Å². The van der Waals surface area contributed by atoms with Crippen LogP contribution in [0.4, 0.5) is 10.2 Å². The quantitative estimate of drug-likeness (QED) is 0.692. The standard InChI is InChI=1S/C23H28FN5O/c1-4-5-19-27-20-21(29(19)12-14(2)3)17-13-28(11-10-18(17)26-22(20)25)23(30)15-6-8-16(24)9-7-15/h6-9,14H,4-5,10-13H2,1-3H3,(H2,25,26). The van der Waals surface area contributed by atoms with E-state index in [0.717, 1.165) is 47.5 Å². The van der Waals surface area contributed by atoms with Crippen LogP contribution in [0.2, 0.25) is 0 Å². The molecule has 0 saturated heterocycles. The molecule has 0 saturated carbocycles. The smallest absolute Gasteiger partial charge is 0.254 e. The Morgan fingerprint density at radius 3 is 2.63 bits per heavy atom. The number of carbonyl (C=O) groups excluding carboxylic acids is 1. The lowest BCUT2D eigenvalue weighted by Crippen LogP contribution is -2.36. The maximum Gasteiger partial charge on any atom is 0.254 e. The number of nitrogen functional groups attached to an aromatic ring is 1. The predicted octanol–water partition coefficient (Wildman–Crippen LogP) is 3.96.